The molecule has 0 aliphatic heterocycles. The third kappa shape index (κ3) is 2.51. The van der Waals surface area contributed by atoms with Crippen molar-refractivity contribution in [2.24, 2.45) is 0 Å². The van der Waals surface area contributed by atoms with Crippen LogP contribution in [0.25, 0.3) is 0 Å². The van der Waals surface area contributed by atoms with Crippen molar-refractivity contribution in [2.75, 3.05) is 4.72 Å². The Morgan fingerprint density at radius 3 is 2.28 bits per heavy atom. The second-order valence-electron chi connectivity index (χ2n) is 3.85. The highest BCUT2D eigenvalue weighted by Gasteiger charge is 2.16. The quantitative estimate of drug-likeness (QED) is 0.927. The zero-order valence-corrected chi connectivity index (χ0v) is 10.5. The lowest BCUT2D eigenvalue weighted by atomic mass is 10.2. The monoisotopic (exact) mass is 265 g/mol. The third-order valence-electron chi connectivity index (χ3n) is 2.51. The Bertz CT molecular complexity index is 634. The van der Waals surface area contributed by atoms with Gasteiger partial charge in [-0.05, 0) is 30.7 Å². The molecule has 2 aromatic rings. The van der Waals surface area contributed by atoms with Crippen LogP contribution in [0.4, 0.5) is 10.1 Å². The number of hydrogen-bond donors (Lipinski definition) is 1. The van der Waals surface area contributed by atoms with Crippen LogP contribution in [0.5, 0.6) is 0 Å². The summed E-state index contributed by atoms with van der Waals surface area (Å²) in [6, 6.07) is 12.3. The molecule has 0 spiro atoms. The molecule has 0 atom stereocenters. The van der Waals surface area contributed by atoms with Crippen molar-refractivity contribution in [3.8, 4) is 0 Å². The molecule has 0 saturated heterocycles. The molecule has 3 nitrogen and oxygen atoms in total. The average Bonchev–Trinajstić information content (AvgIpc) is 2.35. The first-order chi connectivity index (χ1) is 8.50. The minimum Gasteiger partial charge on any atom is -0.276 e. The van der Waals surface area contributed by atoms with Crippen molar-refractivity contribution in [2.45, 2.75) is 11.8 Å². The lowest BCUT2D eigenvalue weighted by Gasteiger charge is -2.11. The second-order valence-corrected chi connectivity index (χ2v) is 5.53. The summed E-state index contributed by atoms with van der Waals surface area (Å²) >= 11 is 0. The highest BCUT2D eigenvalue weighted by molar-refractivity contribution is 7.92. The van der Waals surface area contributed by atoms with E-state index in [0.29, 0.717) is 5.56 Å². The normalized spacial score (nSPS) is 11.2. The fourth-order valence-corrected chi connectivity index (χ4v) is 2.71. The molecule has 2 aromatic carbocycles. The van der Waals surface area contributed by atoms with Gasteiger partial charge in [0, 0.05) is 0 Å². The lowest BCUT2D eigenvalue weighted by molar-refractivity contribution is 0.598. The minimum atomic E-state index is -3.75. The first-order valence-electron chi connectivity index (χ1n) is 5.34. The lowest BCUT2D eigenvalue weighted by Crippen LogP contribution is -2.14. The predicted molar refractivity (Wildman–Crippen MR) is 68.4 cm³/mol. The Kier molecular flexibility index (Phi) is 3.34. The van der Waals surface area contributed by atoms with E-state index in [9.17, 15) is 12.8 Å². The van der Waals surface area contributed by atoms with Crippen LogP contribution in [0.1, 0.15) is 5.56 Å². The molecular weight excluding hydrogens is 253 g/mol. The van der Waals surface area contributed by atoms with E-state index in [0.717, 1.165) is 0 Å². The van der Waals surface area contributed by atoms with Crippen LogP contribution in [-0.2, 0) is 10.0 Å². The van der Waals surface area contributed by atoms with Gasteiger partial charge in [-0.15, -0.1) is 0 Å². The molecule has 0 saturated carbocycles. The van der Waals surface area contributed by atoms with E-state index in [1.807, 2.05) is 0 Å². The minimum absolute atomic E-state index is 0.0126. The average molecular weight is 265 g/mol. The number of rotatable bonds is 3. The van der Waals surface area contributed by atoms with Gasteiger partial charge in [0.2, 0.25) is 0 Å². The summed E-state index contributed by atoms with van der Waals surface area (Å²) in [7, 11) is -3.75. The Hall–Kier alpha value is -1.88. The molecular formula is C13H12FNO2S. The molecule has 5 heteroatoms. The fraction of sp³-hybridized carbons (Fsp3) is 0.0769. The van der Waals surface area contributed by atoms with Crippen molar-refractivity contribution >= 4 is 15.7 Å². The largest absolute Gasteiger partial charge is 0.276 e. The molecule has 0 heterocycles. The van der Waals surface area contributed by atoms with Crippen molar-refractivity contribution in [1.82, 2.24) is 0 Å². The van der Waals surface area contributed by atoms with E-state index >= 15 is 0 Å². The number of nitrogens with one attached hydrogen (secondary N) is 1. The molecule has 0 fully saturated rings. The zero-order chi connectivity index (χ0) is 13.2. The van der Waals surface area contributed by atoms with Crippen LogP contribution in [0, 0.1) is 12.7 Å². The maximum absolute atomic E-state index is 13.6. The van der Waals surface area contributed by atoms with Gasteiger partial charge in [0.25, 0.3) is 10.0 Å². The summed E-state index contributed by atoms with van der Waals surface area (Å²) < 4.78 is 39.9. The van der Waals surface area contributed by atoms with Gasteiger partial charge in [0.15, 0.2) is 0 Å². The smallest absolute Gasteiger partial charge is 0.261 e. The van der Waals surface area contributed by atoms with Crippen LogP contribution in [-0.4, -0.2) is 8.42 Å². The van der Waals surface area contributed by atoms with Crippen molar-refractivity contribution in [3.05, 3.63) is 59.9 Å². The van der Waals surface area contributed by atoms with Crippen LogP contribution in [0.15, 0.2) is 53.4 Å². The predicted octanol–water partition coefficient (Wildman–Crippen LogP) is 2.93. The molecule has 0 radical (unpaired) electrons. The number of sulfonamides is 1. The number of hydrogen-bond acceptors (Lipinski definition) is 2. The van der Waals surface area contributed by atoms with E-state index in [2.05, 4.69) is 4.72 Å². The van der Waals surface area contributed by atoms with Crippen molar-refractivity contribution in [3.63, 3.8) is 0 Å². The molecule has 18 heavy (non-hydrogen) atoms. The summed E-state index contributed by atoms with van der Waals surface area (Å²) in [4.78, 5) is 0.104. The second kappa shape index (κ2) is 4.78. The molecule has 0 amide bonds. The molecule has 0 aliphatic rings. The summed E-state index contributed by atoms with van der Waals surface area (Å²) in [5, 5.41) is 0. The molecule has 0 unspecified atom stereocenters. The molecule has 0 aliphatic carbocycles. The van der Waals surface area contributed by atoms with E-state index in [1.165, 1.54) is 24.3 Å². The maximum Gasteiger partial charge on any atom is 0.261 e. The van der Waals surface area contributed by atoms with E-state index in [4.69, 9.17) is 0 Å². The van der Waals surface area contributed by atoms with Gasteiger partial charge in [-0.2, -0.15) is 0 Å². The highest BCUT2D eigenvalue weighted by atomic mass is 32.2. The number of aryl methyl sites for hydroxylation is 1. The number of halogens is 1. The van der Waals surface area contributed by atoms with Gasteiger partial charge in [-0.25, -0.2) is 12.8 Å². The molecule has 2 rings (SSSR count). The summed E-state index contributed by atoms with van der Waals surface area (Å²) in [5.41, 5.74) is 0.524. The molecule has 0 bridgehead atoms. The summed E-state index contributed by atoms with van der Waals surface area (Å²) in [5.74, 6) is -0.588. The van der Waals surface area contributed by atoms with Crippen LogP contribution in [0.3, 0.4) is 0 Å². The van der Waals surface area contributed by atoms with Crippen molar-refractivity contribution in [1.29, 1.82) is 0 Å². The first-order valence-corrected chi connectivity index (χ1v) is 6.82. The SMILES string of the molecule is Cc1cccc(F)c1NS(=O)(=O)c1ccccc1. The van der Waals surface area contributed by atoms with Crippen LogP contribution >= 0.6 is 0 Å². The third-order valence-corrected chi connectivity index (χ3v) is 3.88. The molecule has 94 valence electrons. The Balaban J connectivity index is 2.41. The Morgan fingerprint density at radius 2 is 1.67 bits per heavy atom. The topological polar surface area (TPSA) is 46.2 Å². The van der Waals surface area contributed by atoms with Gasteiger partial charge in [0.1, 0.15) is 5.82 Å². The van der Waals surface area contributed by atoms with Gasteiger partial charge in [-0.1, -0.05) is 30.3 Å². The molecule has 1 N–H and O–H groups in total. The first kappa shape index (κ1) is 12.6. The van der Waals surface area contributed by atoms with Crippen molar-refractivity contribution < 1.29 is 12.8 Å². The highest BCUT2D eigenvalue weighted by Crippen LogP contribution is 2.22. The van der Waals surface area contributed by atoms with E-state index in [-0.39, 0.29) is 10.6 Å². The van der Waals surface area contributed by atoms with E-state index in [1.54, 1.807) is 31.2 Å². The van der Waals surface area contributed by atoms with Gasteiger partial charge in [0.05, 0.1) is 10.6 Å². The molecule has 0 aromatic heterocycles. The number of para-hydroxylation sites is 1. The van der Waals surface area contributed by atoms with E-state index < -0.39 is 15.8 Å². The Morgan fingerprint density at radius 1 is 1.00 bits per heavy atom. The number of anilines is 1. The fourth-order valence-electron chi connectivity index (χ4n) is 1.55. The van der Waals surface area contributed by atoms with Gasteiger partial charge in [-0.3, -0.25) is 4.72 Å². The summed E-state index contributed by atoms with van der Waals surface area (Å²) in [6.07, 6.45) is 0. The van der Waals surface area contributed by atoms with Crippen LogP contribution < -0.4 is 4.72 Å². The van der Waals surface area contributed by atoms with Gasteiger partial charge >= 0.3 is 0 Å². The van der Waals surface area contributed by atoms with Crippen LogP contribution in [0.2, 0.25) is 0 Å². The standard InChI is InChI=1S/C13H12FNO2S/c1-10-6-5-9-12(14)13(10)15-18(16,17)11-7-3-2-4-8-11/h2-9,15H,1H3. The Labute approximate surface area is 105 Å². The maximum atomic E-state index is 13.6. The summed E-state index contributed by atoms with van der Waals surface area (Å²) in [6.45, 7) is 1.64. The zero-order valence-electron chi connectivity index (χ0n) is 9.72. The van der Waals surface area contributed by atoms with Gasteiger partial charge < -0.3 is 0 Å². The number of benzene rings is 2.